The van der Waals surface area contributed by atoms with E-state index in [4.69, 9.17) is 5.11 Å². The number of amides is 2. The van der Waals surface area contributed by atoms with Crippen LogP contribution in [0.4, 0.5) is 4.79 Å². The van der Waals surface area contributed by atoms with Crippen molar-refractivity contribution in [1.82, 2.24) is 10.2 Å². The largest absolute Gasteiger partial charge is 0.481 e. The Bertz CT molecular complexity index is 298. The Hall–Kier alpha value is -0.910. The fraction of sp³-hybridized carbons (Fsp3) is 0.800. The van der Waals surface area contributed by atoms with Crippen molar-refractivity contribution in [3.8, 4) is 0 Å². The van der Waals surface area contributed by atoms with Gasteiger partial charge in [0.05, 0.1) is 12.1 Å². The standard InChI is InChI=1S/C10H16N2O3S/c13-9(14)3-1-2-4-12-8-6-16-5-7(8)11-10(12)15/h7-8H,1-6H2,(H,11,15)(H,13,14)/t7-,8+/m1/s1. The van der Waals surface area contributed by atoms with Gasteiger partial charge in [-0.3, -0.25) is 4.79 Å². The number of hydrogen-bond acceptors (Lipinski definition) is 3. The number of carboxylic acids is 1. The van der Waals surface area contributed by atoms with E-state index in [2.05, 4.69) is 5.32 Å². The van der Waals surface area contributed by atoms with E-state index in [0.29, 0.717) is 25.0 Å². The van der Waals surface area contributed by atoms with E-state index in [1.165, 1.54) is 0 Å². The van der Waals surface area contributed by atoms with Crippen LogP contribution in [0.2, 0.25) is 0 Å². The molecule has 2 fully saturated rings. The van der Waals surface area contributed by atoms with Crippen LogP contribution in [0.5, 0.6) is 0 Å². The monoisotopic (exact) mass is 244 g/mol. The average molecular weight is 244 g/mol. The summed E-state index contributed by atoms with van der Waals surface area (Å²) >= 11 is 1.87. The van der Waals surface area contributed by atoms with Gasteiger partial charge in [-0.1, -0.05) is 0 Å². The van der Waals surface area contributed by atoms with E-state index in [1.807, 2.05) is 16.7 Å². The number of aliphatic carboxylic acids is 1. The van der Waals surface area contributed by atoms with Gasteiger partial charge in [-0.15, -0.1) is 0 Å². The van der Waals surface area contributed by atoms with Gasteiger partial charge in [-0.2, -0.15) is 11.8 Å². The van der Waals surface area contributed by atoms with Crippen LogP contribution in [0.1, 0.15) is 19.3 Å². The second-order valence-corrected chi connectivity index (χ2v) is 5.28. The number of fused-ring (bicyclic) bond motifs is 1. The van der Waals surface area contributed by atoms with Crippen LogP contribution in [0, 0.1) is 0 Å². The quantitative estimate of drug-likeness (QED) is 0.553. The normalized spacial score (nSPS) is 28.0. The zero-order chi connectivity index (χ0) is 11.5. The van der Waals surface area contributed by atoms with Gasteiger partial charge in [-0.05, 0) is 12.8 Å². The third-order valence-corrected chi connectivity index (χ3v) is 4.23. The summed E-state index contributed by atoms with van der Waals surface area (Å²) in [4.78, 5) is 23.8. The van der Waals surface area contributed by atoms with Crippen molar-refractivity contribution in [2.24, 2.45) is 0 Å². The minimum absolute atomic E-state index is 0.0191. The van der Waals surface area contributed by atoms with Crippen LogP contribution in [0.25, 0.3) is 0 Å². The summed E-state index contributed by atoms with van der Waals surface area (Å²) in [5, 5.41) is 11.5. The summed E-state index contributed by atoms with van der Waals surface area (Å²) in [6, 6.07) is 0.643. The summed E-state index contributed by atoms with van der Waals surface area (Å²) in [7, 11) is 0. The number of carboxylic acid groups (broad SMARTS) is 1. The average Bonchev–Trinajstić information content (AvgIpc) is 2.74. The minimum Gasteiger partial charge on any atom is -0.481 e. The third kappa shape index (κ3) is 2.42. The highest BCUT2D eigenvalue weighted by atomic mass is 32.2. The summed E-state index contributed by atoms with van der Waals surface area (Å²) < 4.78 is 0. The van der Waals surface area contributed by atoms with Gasteiger partial charge in [0.1, 0.15) is 0 Å². The molecule has 0 bridgehead atoms. The van der Waals surface area contributed by atoms with Crippen LogP contribution in [-0.4, -0.2) is 52.1 Å². The van der Waals surface area contributed by atoms with Crippen LogP contribution in [-0.2, 0) is 4.79 Å². The molecule has 2 heterocycles. The van der Waals surface area contributed by atoms with Gasteiger partial charge in [0.15, 0.2) is 0 Å². The van der Waals surface area contributed by atoms with Gasteiger partial charge >= 0.3 is 12.0 Å². The molecule has 2 amide bonds. The van der Waals surface area contributed by atoms with Gasteiger partial charge in [0.25, 0.3) is 0 Å². The van der Waals surface area contributed by atoms with Crippen LogP contribution in [0.3, 0.4) is 0 Å². The number of carbonyl (C=O) groups excluding carboxylic acids is 1. The Labute approximate surface area is 98.6 Å². The number of nitrogens with zero attached hydrogens (tertiary/aromatic N) is 1. The Morgan fingerprint density at radius 3 is 3.06 bits per heavy atom. The first-order valence-corrected chi connectivity index (χ1v) is 6.70. The second kappa shape index (κ2) is 4.95. The topological polar surface area (TPSA) is 69.6 Å². The predicted molar refractivity (Wildman–Crippen MR) is 61.6 cm³/mol. The first kappa shape index (κ1) is 11.6. The molecule has 2 aliphatic heterocycles. The lowest BCUT2D eigenvalue weighted by molar-refractivity contribution is -0.137. The molecule has 0 unspecified atom stereocenters. The van der Waals surface area contributed by atoms with Gasteiger partial charge in [0, 0.05) is 24.5 Å². The first-order chi connectivity index (χ1) is 7.68. The SMILES string of the molecule is O=C(O)CCCCN1C(=O)N[C@@H]2CSC[C@@H]21. The Morgan fingerprint density at radius 1 is 1.50 bits per heavy atom. The Morgan fingerprint density at radius 2 is 2.31 bits per heavy atom. The summed E-state index contributed by atoms with van der Waals surface area (Å²) in [6.07, 6.45) is 1.61. The van der Waals surface area contributed by atoms with Crippen LogP contribution in [0.15, 0.2) is 0 Å². The maximum Gasteiger partial charge on any atom is 0.318 e. The molecule has 2 N–H and O–H groups in total. The molecule has 90 valence electrons. The summed E-state index contributed by atoms with van der Waals surface area (Å²) in [5.41, 5.74) is 0. The maximum absolute atomic E-state index is 11.6. The van der Waals surface area contributed by atoms with Crippen molar-refractivity contribution < 1.29 is 14.7 Å². The third-order valence-electron chi connectivity index (χ3n) is 3.06. The number of nitrogens with one attached hydrogen (secondary N) is 1. The highest BCUT2D eigenvalue weighted by Crippen LogP contribution is 2.27. The molecule has 0 saturated carbocycles. The van der Waals surface area contributed by atoms with Crippen molar-refractivity contribution in [1.29, 1.82) is 0 Å². The van der Waals surface area contributed by atoms with Crippen molar-refractivity contribution in [2.45, 2.75) is 31.3 Å². The van der Waals surface area contributed by atoms with Gasteiger partial charge in [-0.25, -0.2) is 4.79 Å². The molecule has 0 aromatic heterocycles. The first-order valence-electron chi connectivity index (χ1n) is 5.55. The molecule has 0 aromatic carbocycles. The van der Waals surface area contributed by atoms with E-state index >= 15 is 0 Å². The number of carbonyl (C=O) groups is 2. The lowest BCUT2D eigenvalue weighted by atomic mass is 10.1. The molecule has 16 heavy (non-hydrogen) atoms. The molecule has 0 radical (unpaired) electrons. The molecule has 0 aliphatic carbocycles. The van der Waals surface area contributed by atoms with Gasteiger partial charge < -0.3 is 15.3 Å². The second-order valence-electron chi connectivity index (χ2n) is 4.21. The highest BCUT2D eigenvalue weighted by molar-refractivity contribution is 7.99. The van der Waals surface area contributed by atoms with Gasteiger partial charge in [0.2, 0.25) is 0 Å². The molecule has 2 atom stereocenters. The predicted octanol–water partition coefficient (Wildman–Crippen LogP) is 0.750. The zero-order valence-corrected chi connectivity index (χ0v) is 9.83. The lowest BCUT2D eigenvalue weighted by Crippen LogP contribution is -2.36. The van der Waals surface area contributed by atoms with E-state index in [9.17, 15) is 9.59 Å². The highest BCUT2D eigenvalue weighted by Gasteiger charge is 2.41. The van der Waals surface area contributed by atoms with Crippen molar-refractivity contribution >= 4 is 23.8 Å². The van der Waals surface area contributed by atoms with E-state index < -0.39 is 5.97 Å². The van der Waals surface area contributed by atoms with Crippen molar-refractivity contribution in [3.63, 3.8) is 0 Å². The van der Waals surface area contributed by atoms with Crippen molar-refractivity contribution in [3.05, 3.63) is 0 Å². The molecule has 2 rings (SSSR count). The lowest BCUT2D eigenvalue weighted by Gasteiger charge is -2.21. The number of hydrogen-bond donors (Lipinski definition) is 2. The Kier molecular flexibility index (Phi) is 3.58. The van der Waals surface area contributed by atoms with Crippen LogP contribution < -0.4 is 5.32 Å². The van der Waals surface area contributed by atoms with Crippen molar-refractivity contribution in [2.75, 3.05) is 18.1 Å². The van der Waals surface area contributed by atoms with E-state index in [0.717, 1.165) is 17.9 Å². The van der Waals surface area contributed by atoms with E-state index in [1.54, 1.807) is 0 Å². The molecular weight excluding hydrogens is 228 g/mol. The molecular formula is C10H16N2O3S. The molecule has 2 saturated heterocycles. The fourth-order valence-corrected chi connectivity index (χ4v) is 3.56. The van der Waals surface area contributed by atoms with Crippen LogP contribution >= 0.6 is 11.8 Å². The maximum atomic E-state index is 11.6. The zero-order valence-electron chi connectivity index (χ0n) is 9.02. The molecule has 5 nitrogen and oxygen atoms in total. The Balaban J connectivity index is 1.76. The number of thioether (sulfide) groups is 1. The molecule has 2 aliphatic rings. The summed E-state index contributed by atoms with van der Waals surface area (Å²) in [5.74, 6) is 1.24. The number of unbranched alkanes of at least 4 members (excludes halogenated alkanes) is 1. The minimum atomic E-state index is -0.764. The fourth-order valence-electron chi connectivity index (χ4n) is 2.21. The molecule has 0 aromatic rings. The van der Waals surface area contributed by atoms with E-state index in [-0.39, 0.29) is 12.5 Å². The molecule has 6 heteroatoms. The smallest absolute Gasteiger partial charge is 0.318 e. The summed E-state index contributed by atoms with van der Waals surface area (Å²) in [6.45, 7) is 0.681. The number of rotatable bonds is 5. The number of urea groups is 1. The molecule has 0 spiro atoms.